The van der Waals surface area contributed by atoms with E-state index in [9.17, 15) is 4.79 Å². The van der Waals surface area contributed by atoms with E-state index in [0.717, 1.165) is 32.4 Å². The van der Waals surface area contributed by atoms with Gasteiger partial charge in [-0.2, -0.15) is 5.26 Å². The highest BCUT2D eigenvalue weighted by Gasteiger charge is 2.15. The van der Waals surface area contributed by atoms with Crippen molar-refractivity contribution in [2.75, 3.05) is 26.7 Å². The maximum Gasteiger partial charge on any atom is 0.307 e. The monoisotopic (exact) mass is 254 g/mol. The average Bonchev–Trinajstić information content (AvgIpc) is 2.32. The lowest BCUT2D eigenvalue weighted by molar-refractivity contribution is -0.143. The van der Waals surface area contributed by atoms with Gasteiger partial charge in [0.1, 0.15) is 0 Å². The number of hydrogen-bond acceptors (Lipinski definition) is 4. The number of nitrogens with zero attached hydrogens (tertiary/aromatic N) is 2. The maximum absolute atomic E-state index is 11.2. The Bertz CT molecular complexity index is 282. The molecule has 0 aromatic carbocycles. The Balaban J connectivity index is 3.57. The number of rotatable bonds is 9. The van der Waals surface area contributed by atoms with E-state index in [1.54, 1.807) is 0 Å². The van der Waals surface area contributed by atoms with E-state index in [0.29, 0.717) is 13.0 Å². The number of carbonyl (C=O) groups is 1. The van der Waals surface area contributed by atoms with E-state index in [4.69, 9.17) is 10.00 Å². The van der Waals surface area contributed by atoms with Crippen molar-refractivity contribution in [3.05, 3.63) is 0 Å². The molecule has 0 amide bonds. The molecule has 4 nitrogen and oxygen atoms in total. The molecule has 0 saturated carbocycles. The zero-order valence-electron chi connectivity index (χ0n) is 12.2. The molecule has 0 aliphatic heterocycles. The number of hydrogen-bond donors (Lipinski definition) is 0. The van der Waals surface area contributed by atoms with Gasteiger partial charge in [-0.1, -0.05) is 6.42 Å². The molecule has 0 aliphatic carbocycles. The lowest BCUT2D eigenvalue weighted by Crippen LogP contribution is -2.24. The van der Waals surface area contributed by atoms with E-state index in [1.807, 2.05) is 27.8 Å². The molecule has 0 heterocycles. The van der Waals surface area contributed by atoms with Crippen molar-refractivity contribution < 1.29 is 9.53 Å². The van der Waals surface area contributed by atoms with Crippen LogP contribution in [0.2, 0.25) is 0 Å². The maximum atomic E-state index is 11.2. The number of ether oxygens (including phenoxy) is 1. The fourth-order valence-corrected chi connectivity index (χ4v) is 1.63. The van der Waals surface area contributed by atoms with Crippen LogP contribution in [0.3, 0.4) is 0 Å². The number of unbranched alkanes of at least 4 members (excludes halogenated alkanes) is 1. The molecule has 0 aromatic heterocycles. The van der Waals surface area contributed by atoms with Crippen LogP contribution in [0, 0.1) is 16.7 Å². The molecule has 0 unspecified atom stereocenters. The summed E-state index contributed by atoms with van der Waals surface area (Å²) >= 11 is 0. The largest absolute Gasteiger partial charge is 0.466 e. The Morgan fingerprint density at radius 3 is 2.56 bits per heavy atom. The van der Waals surface area contributed by atoms with Crippen LogP contribution in [-0.2, 0) is 9.53 Å². The van der Waals surface area contributed by atoms with Crippen LogP contribution in [0.5, 0.6) is 0 Å². The molecular formula is C14H26N2O2. The summed E-state index contributed by atoms with van der Waals surface area (Å²) in [6, 6.07) is 2.31. The first kappa shape index (κ1) is 16.9. The molecule has 104 valence electrons. The Kier molecular flexibility index (Phi) is 8.40. The summed E-state index contributed by atoms with van der Waals surface area (Å²) < 4.78 is 4.88. The van der Waals surface area contributed by atoms with Crippen LogP contribution < -0.4 is 0 Å². The van der Waals surface area contributed by atoms with Crippen molar-refractivity contribution in [1.82, 2.24) is 4.90 Å². The van der Waals surface area contributed by atoms with E-state index in [2.05, 4.69) is 11.0 Å². The smallest absolute Gasteiger partial charge is 0.307 e. The molecule has 18 heavy (non-hydrogen) atoms. The van der Waals surface area contributed by atoms with Crippen molar-refractivity contribution in [2.24, 2.45) is 5.41 Å². The second-order valence-electron chi connectivity index (χ2n) is 5.31. The van der Waals surface area contributed by atoms with Gasteiger partial charge in [0.2, 0.25) is 0 Å². The molecule has 4 heteroatoms. The standard InChI is InChI=1S/C14H26N2O2/c1-5-18-13(17)8-11-16(4)10-7-6-9-14(2,3)12-15/h5-11H2,1-4H3. The Hall–Kier alpha value is -1.08. The number of esters is 1. The molecule has 0 radical (unpaired) electrons. The van der Waals surface area contributed by atoms with Gasteiger partial charge in [-0.05, 0) is 47.2 Å². The third-order valence-corrected chi connectivity index (χ3v) is 2.90. The third kappa shape index (κ3) is 9.00. The number of nitriles is 1. The van der Waals surface area contributed by atoms with Gasteiger partial charge < -0.3 is 9.64 Å². The molecule has 0 spiro atoms. The molecule has 0 aliphatic rings. The summed E-state index contributed by atoms with van der Waals surface area (Å²) in [5, 5.41) is 8.89. The first-order chi connectivity index (χ1) is 8.41. The Morgan fingerprint density at radius 2 is 2.00 bits per heavy atom. The van der Waals surface area contributed by atoms with Gasteiger partial charge in [0.15, 0.2) is 0 Å². The van der Waals surface area contributed by atoms with Crippen molar-refractivity contribution >= 4 is 5.97 Å². The minimum absolute atomic E-state index is 0.130. The normalized spacial score (nSPS) is 11.3. The summed E-state index contributed by atoms with van der Waals surface area (Å²) in [6.45, 7) is 7.90. The minimum atomic E-state index is -0.219. The molecular weight excluding hydrogens is 228 g/mol. The molecule has 0 saturated heterocycles. The Labute approximate surface area is 111 Å². The molecule has 0 aromatic rings. The summed E-state index contributed by atoms with van der Waals surface area (Å²) in [6.07, 6.45) is 3.48. The zero-order chi connectivity index (χ0) is 14.0. The number of carbonyl (C=O) groups excluding carboxylic acids is 1. The zero-order valence-corrected chi connectivity index (χ0v) is 12.2. The second-order valence-corrected chi connectivity index (χ2v) is 5.31. The fourth-order valence-electron chi connectivity index (χ4n) is 1.63. The van der Waals surface area contributed by atoms with Crippen molar-refractivity contribution in [1.29, 1.82) is 5.26 Å². The van der Waals surface area contributed by atoms with Crippen LogP contribution in [0.1, 0.15) is 46.5 Å². The molecule has 0 N–H and O–H groups in total. The molecule has 0 fully saturated rings. The van der Waals surface area contributed by atoms with Crippen molar-refractivity contribution in [3.8, 4) is 6.07 Å². The summed E-state index contributed by atoms with van der Waals surface area (Å²) in [4.78, 5) is 13.3. The van der Waals surface area contributed by atoms with Gasteiger partial charge in [0, 0.05) is 6.54 Å². The third-order valence-electron chi connectivity index (χ3n) is 2.90. The van der Waals surface area contributed by atoms with Crippen LogP contribution >= 0.6 is 0 Å². The highest BCUT2D eigenvalue weighted by atomic mass is 16.5. The second kappa shape index (κ2) is 8.93. The van der Waals surface area contributed by atoms with Crippen LogP contribution in [-0.4, -0.2) is 37.6 Å². The highest BCUT2D eigenvalue weighted by Crippen LogP contribution is 2.21. The predicted molar refractivity (Wildman–Crippen MR) is 72.0 cm³/mol. The molecule has 0 bridgehead atoms. The lowest BCUT2D eigenvalue weighted by Gasteiger charge is -2.18. The quantitative estimate of drug-likeness (QED) is 0.469. The van der Waals surface area contributed by atoms with E-state index >= 15 is 0 Å². The lowest BCUT2D eigenvalue weighted by atomic mass is 9.89. The molecule has 0 atom stereocenters. The summed E-state index contributed by atoms with van der Waals surface area (Å²) in [7, 11) is 2.01. The average molecular weight is 254 g/mol. The van der Waals surface area contributed by atoms with E-state index in [-0.39, 0.29) is 11.4 Å². The fraction of sp³-hybridized carbons (Fsp3) is 0.857. The van der Waals surface area contributed by atoms with Crippen molar-refractivity contribution in [2.45, 2.75) is 46.5 Å². The van der Waals surface area contributed by atoms with E-state index < -0.39 is 0 Å². The first-order valence-corrected chi connectivity index (χ1v) is 6.66. The summed E-state index contributed by atoms with van der Waals surface area (Å²) in [5.41, 5.74) is -0.219. The Morgan fingerprint density at radius 1 is 1.33 bits per heavy atom. The van der Waals surface area contributed by atoms with Crippen LogP contribution in [0.25, 0.3) is 0 Å². The van der Waals surface area contributed by atoms with Gasteiger partial charge in [-0.15, -0.1) is 0 Å². The predicted octanol–water partition coefficient (Wildman–Crippen LogP) is 2.59. The van der Waals surface area contributed by atoms with Crippen LogP contribution in [0.15, 0.2) is 0 Å². The van der Waals surface area contributed by atoms with Gasteiger partial charge in [-0.3, -0.25) is 4.79 Å². The van der Waals surface area contributed by atoms with Gasteiger partial charge in [-0.25, -0.2) is 0 Å². The summed E-state index contributed by atoms with van der Waals surface area (Å²) in [5.74, 6) is -0.130. The van der Waals surface area contributed by atoms with Gasteiger partial charge in [0.25, 0.3) is 0 Å². The highest BCUT2D eigenvalue weighted by molar-refractivity contribution is 5.69. The van der Waals surface area contributed by atoms with Gasteiger partial charge >= 0.3 is 5.97 Å². The van der Waals surface area contributed by atoms with Gasteiger partial charge in [0.05, 0.1) is 24.5 Å². The van der Waals surface area contributed by atoms with E-state index in [1.165, 1.54) is 0 Å². The van der Waals surface area contributed by atoms with Crippen molar-refractivity contribution in [3.63, 3.8) is 0 Å². The SMILES string of the molecule is CCOC(=O)CCN(C)CCCCC(C)(C)C#N. The van der Waals surface area contributed by atoms with Crippen LogP contribution in [0.4, 0.5) is 0 Å². The molecule has 0 rings (SSSR count). The first-order valence-electron chi connectivity index (χ1n) is 6.66. The topological polar surface area (TPSA) is 53.3 Å². The minimum Gasteiger partial charge on any atom is -0.466 e.